The highest BCUT2D eigenvalue weighted by atomic mass is 35.5. The zero-order chi connectivity index (χ0) is 20.4. The summed E-state index contributed by atoms with van der Waals surface area (Å²) in [5, 5.41) is 7.70. The number of fused-ring (bicyclic) bond motifs is 1. The largest absolute Gasteiger partial charge is 0.495 e. The summed E-state index contributed by atoms with van der Waals surface area (Å²) in [6.07, 6.45) is 4.33. The van der Waals surface area contributed by atoms with Crippen LogP contribution in [0.5, 0.6) is 5.75 Å². The van der Waals surface area contributed by atoms with Crippen LogP contribution in [0.3, 0.4) is 0 Å². The SMILES string of the molecule is COc1ccc(C2=Nc3ccncc3C2)cc1NC(=S)Nc1cc(Cl)cc(Cl)c1. The van der Waals surface area contributed by atoms with Gasteiger partial charge in [0.15, 0.2) is 5.11 Å². The topological polar surface area (TPSA) is 58.5 Å². The van der Waals surface area contributed by atoms with Crippen LogP contribution in [0.25, 0.3) is 0 Å². The number of methoxy groups -OCH3 is 1. The van der Waals surface area contributed by atoms with Crippen molar-refractivity contribution in [3.63, 3.8) is 0 Å². The third-order valence-corrected chi connectivity index (χ3v) is 5.03. The average Bonchev–Trinajstić information content (AvgIpc) is 3.11. The molecule has 0 atom stereocenters. The van der Waals surface area contributed by atoms with Crippen LogP contribution in [0.2, 0.25) is 10.0 Å². The minimum Gasteiger partial charge on any atom is -0.495 e. The Kier molecular flexibility index (Phi) is 5.67. The first-order chi connectivity index (χ1) is 14.0. The number of ether oxygens (including phenoxy) is 1. The number of nitrogens with one attached hydrogen (secondary N) is 2. The minimum absolute atomic E-state index is 0.389. The van der Waals surface area contributed by atoms with Crippen LogP contribution >= 0.6 is 35.4 Å². The molecule has 1 aliphatic rings. The summed E-state index contributed by atoms with van der Waals surface area (Å²) in [6.45, 7) is 0. The van der Waals surface area contributed by atoms with E-state index in [4.69, 9.17) is 45.1 Å². The van der Waals surface area contributed by atoms with Crippen molar-refractivity contribution in [2.45, 2.75) is 6.42 Å². The molecule has 5 nitrogen and oxygen atoms in total. The van der Waals surface area contributed by atoms with Gasteiger partial charge in [-0.2, -0.15) is 0 Å². The molecular weight excluding hydrogens is 427 g/mol. The lowest BCUT2D eigenvalue weighted by Crippen LogP contribution is -2.19. The molecule has 2 heterocycles. The maximum Gasteiger partial charge on any atom is 0.175 e. The van der Waals surface area contributed by atoms with Crippen LogP contribution in [0.15, 0.2) is 59.9 Å². The standard InChI is InChI=1S/C21H16Cl2N4OS/c1-28-20-3-2-12(18-7-13-11-24-5-4-17(13)26-18)6-19(20)27-21(29)25-16-9-14(22)8-15(23)10-16/h2-6,8-11H,7H2,1H3,(H2,25,27,29). The molecule has 0 spiro atoms. The van der Waals surface area contributed by atoms with Crippen LogP contribution in [0.4, 0.5) is 17.1 Å². The molecule has 0 aliphatic carbocycles. The van der Waals surface area contributed by atoms with Gasteiger partial charge in [0.25, 0.3) is 0 Å². The Morgan fingerprint density at radius 3 is 2.59 bits per heavy atom. The number of thiocarbonyl (C=S) groups is 1. The van der Waals surface area contributed by atoms with Crippen molar-refractivity contribution in [3.05, 3.63) is 76.0 Å². The van der Waals surface area contributed by atoms with Gasteiger partial charge in [-0.1, -0.05) is 23.2 Å². The summed E-state index contributed by atoms with van der Waals surface area (Å²) >= 11 is 17.5. The molecule has 2 aromatic carbocycles. The number of rotatable bonds is 4. The van der Waals surface area contributed by atoms with Crippen molar-refractivity contribution in [2.24, 2.45) is 4.99 Å². The first-order valence-electron chi connectivity index (χ1n) is 8.75. The van der Waals surface area contributed by atoms with Crippen LogP contribution < -0.4 is 15.4 Å². The Morgan fingerprint density at radius 1 is 1.07 bits per heavy atom. The van der Waals surface area contributed by atoms with Gasteiger partial charge in [0.05, 0.1) is 24.2 Å². The van der Waals surface area contributed by atoms with Crippen molar-refractivity contribution < 1.29 is 4.74 Å². The van der Waals surface area contributed by atoms with Gasteiger partial charge >= 0.3 is 0 Å². The van der Waals surface area contributed by atoms with Gasteiger partial charge in [-0.25, -0.2) is 0 Å². The predicted octanol–water partition coefficient (Wildman–Crippen LogP) is 5.88. The van der Waals surface area contributed by atoms with Gasteiger partial charge in [-0.3, -0.25) is 9.98 Å². The number of aliphatic imine (C=N–C) groups is 1. The van der Waals surface area contributed by atoms with Gasteiger partial charge < -0.3 is 15.4 Å². The summed E-state index contributed by atoms with van der Waals surface area (Å²) in [5.41, 5.74) is 5.45. The lowest BCUT2D eigenvalue weighted by molar-refractivity contribution is 0.417. The minimum atomic E-state index is 0.389. The Balaban J connectivity index is 1.55. The number of anilines is 2. The fourth-order valence-electron chi connectivity index (χ4n) is 3.09. The van der Waals surface area contributed by atoms with Crippen molar-refractivity contribution in [1.29, 1.82) is 0 Å². The van der Waals surface area contributed by atoms with Crippen molar-refractivity contribution >= 4 is 63.3 Å². The van der Waals surface area contributed by atoms with E-state index in [0.29, 0.717) is 26.6 Å². The fraction of sp³-hybridized carbons (Fsp3) is 0.0952. The van der Waals surface area contributed by atoms with E-state index in [1.54, 1.807) is 31.5 Å². The van der Waals surface area contributed by atoms with E-state index in [1.165, 1.54) is 0 Å². The smallest absolute Gasteiger partial charge is 0.175 e. The number of hydrogen-bond donors (Lipinski definition) is 2. The molecule has 0 unspecified atom stereocenters. The molecule has 8 heteroatoms. The first-order valence-corrected chi connectivity index (χ1v) is 9.91. The van der Waals surface area contributed by atoms with E-state index in [-0.39, 0.29) is 0 Å². The highest BCUT2D eigenvalue weighted by Crippen LogP contribution is 2.31. The van der Waals surface area contributed by atoms with E-state index >= 15 is 0 Å². The molecule has 3 aromatic rings. The molecule has 0 saturated heterocycles. The van der Waals surface area contributed by atoms with Crippen molar-refractivity contribution in [1.82, 2.24) is 4.98 Å². The first kappa shape index (κ1) is 19.6. The molecule has 0 saturated carbocycles. The Labute approximate surface area is 183 Å². The second-order valence-corrected chi connectivity index (χ2v) is 7.67. The van der Waals surface area contributed by atoms with E-state index in [1.807, 2.05) is 30.5 Å². The van der Waals surface area contributed by atoms with Gasteiger partial charge in [-0.05, 0) is 60.2 Å². The summed E-state index contributed by atoms with van der Waals surface area (Å²) in [6, 6.07) is 12.9. The van der Waals surface area contributed by atoms with E-state index in [9.17, 15) is 0 Å². The van der Waals surface area contributed by atoms with Crippen molar-refractivity contribution in [3.8, 4) is 5.75 Å². The summed E-state index contributed by atoms with van der Waals surface area (Å²) in [4.78, 5) is 8.89. The molecule has 4 rings (SSSR count). The number of halogens is 2. The zero-order valence-electron chi connectivity index (χ0n) is 15.4. The lowest BCUT2D eigenvalue weighted by Gasteiger charge is -2.15. The normalized spacial score (nSPS) is 12.2. The molecular formula is C21H16Cl2N4OS. The maximum absolute atomic E-state index is 6.05. The van der Waals surface area contributed by atoms with Crippen LogP contribution in [-0.4, -0.2) is 22.9 Å². The van der Waals surface area contributed by atoms with Gasteiger partial charge in [0.2, 0.25) is 0 Å². The Hall–Kier alpha value is -2.67. The average molecular weight is 443 g/mol. The maximum atomic E-state index is 6.05. The molecule has 29 heavy (non-hydrogen) atoms. The molecule has 0 radical (unpaired) electrons. The molecule has 1 aliphatic heterocycles. The third-order valence-electron chi connectivity index (χ3n) is 4.39. The molecule has 0 amide bonds. The lowest BCUT2D eigenvalue weighted by atomic mass is 10.0. The van der Waals surface area contributed by atoms with Gasteiger partial charge in [0.1, 0.15) is 5.75 Å². The molecule has 0 fully saturated rings. The number of aromatic nitrogens is 1. The van der Waals surface area contributed by atoms with Crippen molar-refractivity contribution in [2.75, 3.05) is 17.7 Å². The summed E-state index contributed by atoms with van der Waals surface area (Å²) in [5.74, 6) is 0.666. The zero-order valence-corrected chi connectivity index (χ0v) is 17.7. The third kappa shape index (κ3) is 4.50. The summed E-state index contributed by atoms with van der Waals surface area (Å²) in [7, 11) is 1.61. The monoisotopic (exact) mass is 442 g/mol. The van der Waals surface area contributed by atoms with E-state index < -0.39 is 0 Å². The van der Waals surface area contributed by atoms with E-state index in [2.05, 4.69) is 15.6 Å². The molecule has 0 bridgehead atoms. The Morgan fingerprint density at radius 2 is 1.86 bits per heavy atom. The highest BCUT2D eigenvalue weighted by molar-refractivity contribution is 7.80. The van der Waals surface area contributed by atoms with Crippen LogP contribution in [-0.2, 0) is 6.42 Å². The van der Waals surface area contributed by atoms with E-state index in [0.717, 1.165) is 34.6 Å². The predicted molar refractivity (Wildman–Crippen MR) is 123 cm³/mol. The number of nitrogens with zero attached hydrogens (tertiary/aromatic N) is 2. The second kappa shape index (κ2) is 8.37. The molecule has 1 aromatic heterocycles. The van der Waals surface area contributed by atoms with Gasteiger partial charge in [0, 0.05) is 40.1 Å². The van der Waals surface area contributed by atoms with Crippen LogP contribution in [0.1, 0.15) is 11.1 Å². The molecule has 146 valence electrons. The summed E-state index contributed by atoms with van der Waals surface area (Å²) < 4.78 is 5.47. The quantitative estimate of drug-likeness (QED) is 0.493. The number of pyridine rings is 1. The highest BCUT2D eigenvalue weighted by Gasteiger charge is 2.17. The van der Waals surface area contributed by atoms with Crippen LogP contribution in [0, 0.1) is 0 Å². The fourth-order valence-corrected chi connectivity index (χ4v) is 3.85. The molecule has 2 N–H and O–H groups in total. The van der Waals surface area contributed by atoms with Gasteiger partial charge in [-0.15, -0.1) is 0 Å². The second-order valence-electron chi connectivity index (χ2n) is 6.39. The number of hydrogen-bond acceptors (Lipinski definition) is 4. The number of benzene rings is 2. The Bertz CT molecular complexity index is 1110.